The zero-order chi connectivity index (χ0) is 17.2. The number of rotatable bonds is 4. The molecule has 2 aliphatic carbocycles. The van der Waals surface area contributed by atoms with Gasteiger partial charge >= 0.3 is 0 Å². The first-order chi connectivity index (χ1) is 12.0. The van der Waals surface area contributed by atoms with Crippen LogP contribution in [0, 0.1) is 5.92 Å². The maximum atomic E-state index is 12.3. The standard InChI is InChI=1S/C17H21N5O2S/c1-10-6-11(21-25(23,24)12-2-3-12)7-13(10)15-8-19-16-9-20-17-14(22(15)16)4-5-18-17/h4-5,8-13,18,21H,2-3,6-7H2,1H3. The second kappa shape index (κ2) is 5.28. The van der Waals surface area contributed by atoms with Crippen LogP contribution in [-0.4, -0.2) is 39.1 Å². The predicted molar refractivity (Wildman–Crippen MR) is 94.8 cm³/mol. The van der Waals surface area contributed by atoms with Gasteiger partial charge in [-0.1, -0.05) is 6.92 Å². The van der Waals surface area contributed by atoms with E-state index in [4.69, 9.17) is 0 Å². The minimum Gasteiger partial charge on any atom is -0.345 e. The lowest BCUT2D eigenvalue weighted by Gasteiger charge is -2.15. The third kappa shape index (κ3) is 2.46. The average Bonchev–Trinajstić information content (AvgIpc) is 3.03. The number of sulfonamides is 1. The van der Waals surface area contributed by atoms with Crippen molar-refractivity contribution in [1.29, 1.82) is 0 Å². The minimum absolute atomic E-state index is 0.0136. The molecule has 0 spiro atoms. The fourth-order valence-electron chi connectivity index (χ4n) is 4.22. The Labute approximate surface area is 145 Å². The molecule has 3 aromatic heterocycles. The van der Waals surface area contributed by atoms with Crippen LogP contribution in [0.2, 0.25) is 0 Å². The molecule has 0 bridgehead atoms. The maximum absolute atomic E-state index is 12.3. The van der Waals surface area contributed by atoms with Crippen LogP contribution < -0.4 is 4.72 Å². The first-order valence-electron chi connectivity index (χ1n) is 8.83. The Kier molecular flexibility index (Phi) is 3.24. The normalized spacial score (nSPS) is 27.5. The van der Waals surface area contributed by atoms with E-state index in [2.05, 4.69) is 31.0 Å². The number of fused-ring (bicyclic) bond motifs is 3. The van der Waals surface area contributed by atoms with Gasteiger partial charge in [0.2, 0.25) is 10.0 Å². The van der Waals surface area contributed by atoms with E-state index in [1.807, 2.05) is 18.5 Å². The van der Waals surface area contributed by atoms with Gasteiger partial charge in [-0.05, 0) is 37.7 Å². The van der Waals surface area contributed by atoms with Crippen LogP contribution in [0.15, 0.2) is 24.7 Å². The molecule has 2 saturated carbocycles. The summed E-state index contributed by atoms with van der Waals surface area (Å²) in [6.45, 7) is 2.20. The molecule has 3 unspecified atom stereocenters. The van der Waals surface area contributed by atoms with Gasteiger partial charge in [-0.15, -0.1) is 0 Å². The molecule has 0 aromatic carbocycles. The number of hydrogen-bond acceptors (Lipinski definition) is 4. The molecule has 2 fully saturated rings. The first kappa shape index (κ1) is 15.3. The van der Waals surface area contributed by atoms with Gasteiger partial charge in [0.1, 0.15) is 0 Å². The Bertz CT molecular complexity index is 1050. The quantitative estimate of drug-likeness (QED) is 0.747. The number of aromatic nitrogens is 4. The van der Waals surface area contributed by atoms with E-state index in [9.17, 15) is 8.42 Å². The summed E-state index contributed by atoms with van der Waals surface area (Å²) in [5, 5.41) is -0.164. The molecule has 3 atom stereocenters. The van der Waals surface area contributed by atoms with Crippen LogP contribution in [-0.2, 0) is 10.0 Å². The van der Waals surface area contributed by atoms with E-state index in [0.29, 0.717) is 5.92 Å². The van der Waals surface area contributed by atoms with Crippen molar-refractivity contribution in [2.75, 3.05) is 0 Å². The molecule has 25 heavy (non-hydrogen) atoms. The molecule has 2 N–H and O–H groups in total. The Hall–Kier alpha value is -1.93. The number of nitrogens with zero attached hydrogens (tertiary/aromatic N) is 3. The first-order valence-corrected chi connectivity index (χ1v) is 10.4. The van der Waals surface area contributed by atoms with Crippen molar-refractivity contribution in [3.63, 3.8) is 0 Å². The van der Waals surface area contributed by atoms with Gasteiger partial charge in [-0.3, -0.25) is 4.40 Å². The number of aromatic amines is 1. The van der Waals surface area contributed by atoms with Crippen molar-refractivity contribution >= 4 is 26.8 Å². The second-order valence-corrected chi connectivity index (χ2v) is 9.45. The van der Waals surface area contributed by atoms with Crippen molar-refractivity contribution in [3.05, 3.63) is 30.4 Å². The summed E-state index contributed by atoms with van der Waals surface area (Å²) in [5.74, 6) is 0.677. The molecule has 5 rings (SSSR count). The van der Waals surface area contributed by atoms with Gasteiger partial charge in [0.05, 0.1) is 17.0 Å². The molecule has 2 aliphatic rings. The molecule has 0 aliphatic heterocycles. The summed E-state index contributed by atoms with van der Waals surface area (Å²) >= 11 is 0. The molecule has 132 valence electrons. The lowest BCUT2D eigenvalue weighted by atomic mass is 9.95. The van der Waals surface area contributed by atoms with Gasteiger partial charge in [0.25, 0.3) is 0 Å². The van der Waals surface area contributed by atoms with Crippen molar-refractivity contribution in [2.45, 2.75) is 49.8 Å². The van der Waals surface area contributed by atoms with Crippen molar-refractivity contribution < 1.29 is 8.42 Å². The van der Waals surface area contributed by atoms with Crippen LogP contribution in [0.5, 0.6) is 0 Å². The van der Waals surface area contributed by atoms with E-state index < -0.39 is 10.0 Å². The zero-order valence-electron chi connectivity index (χ0n) is 14.0. The SMILES string of the molecule is CC1CC(NS(=O)(=O)C2CC2)CC1c1cnc2cnc3[nH]ccc3n12. The summed E-state index contributed by atoms with van der Waals surface area (Å²) in [7, 11) is -3.14. The molecular weight excluding hydrogens is 338 g/mol. The highest BCUT2D eigenvalue weighted by atomic mass is 32.2. The Morgan fingerprint density at radius 2 is 2.08 bits per heavy atom. The predicted octanol–water partition coefficient (Wildman–Crippen LogP) is 2.17. The van der Waals surface area contributed by atoms with Crippen LogP contribution >= 0.6 is 0 Å². The molecule has 3 heterocycles. The number of H-pyrrole nitrogens is 1. The van der Waals surface area contributed by atoms with Crippen LogP contribution in [0.1, 0.15) is 44.2 Å². The topological polar surface area (TPSA) is 92.2 Å². The number of nitrogens with one attached hydrogen (secondary N) is 2. The van der Waals surface area contributed by atoms with Gasteiger partial charge in [-0.25, -0.2) is 23.1 Å². The lowest BCUT2D eigenvalue weighted by molar-refractivity contribution is 0.517. The largest absolute Gasteiger partial charge is 0.345 e. The van der Waals surface area contributed by atoms with E-state index >= 15 is 0 Å². The highest BCUT2D eigenvalue weighted by Crippen LogP contribution is 2.41. The van der Waals surface area contributed by atoms with Crippen LogP contribution in [0.4, 0.5) is 0 Å². The number of imidazole rings is 1. The number of hydrogen-bond donors (Lipinski definition) is 2. The Morgan fingerprint density at radius 1 is 1.24 bits per heavy atom. The van der Waals surface area contributed by atoms with Gasteiger partial charge in [0.15, 0.2) is 11.3 Å². The molecule has 0 radical (unpaired) electrons. The van der Waals surface area contributed by atoms with E-state index in [-0.39, 0.29) is 17.2 Å². The summed E-state index contributed by atoms with van der Waals surface area (Å²) in [6.07, 6.45) is 8.85. The average molecular weight is 359 g/mol. The van der Waals surface area contributed by atoms with Crippen LogP contribution in [0.25, 0.3) is 16.8 Å². The zero-order valence-corrected chi connectivity index (χ0v) is 14.8. The van der Waals surface area contributed by atoms with Crippen molar-refractivity contribution in [2.24, 2.45) is 5.92 Å². The summed E-state index contributed by atoms with van der Waals surface area (Å²) in [6, 6.07) is 2.02. The highest BCUT2D eigenvalue weighted by Gasteiger charge is 2.41. The third-order valence-electron chi connectivity index (χ3n) is 5.63. The second-order valence-electron chi connectivity index (χ2n) is 7.46. The lowest BCUT2D eigenvalue weighted by Crippen LogP contribution is -2.35. The highest BCUT2D eigenvalue weighted by molar-refractivity contribution is 7.90. The molecule has 8 heteroatoms. The fraction of sp³-hybridized carbons (Fsp3) is 0.529. The molecule has 3 aromatic rings. The smallest absolute Gasteiger partial charge is 0.214 e. The van der Waals surface area contributed by atoms with Gasteiger partial charge in [-0.2, -0.15) is 0 Å². The summed E-state index contributed by atoms with van der Waals surface area (Å²) in [5.41, 5.74) is 3.82. The summed E-state index contributed by atoms with van der Waals surface area (Å²) < 4.78 is 29.6. The molecular formula is C17H21N5O2S. The third-order valence-corrected chi connectivity index (χ3v) is 7.64. The minimum atomic E-state index is -3.14. The fourth-order valence-corrected chi connectivity index (χ4v) is 5.82. The Morgan fingerprint density at radius 3 is 2.88 bits per heavy atom. The molecule has 0 saturated heterocycles. The Balaban J connectivity index is 1.49. The van der Waals surface area contributed by atoms with Crippen LogP contribution in [0.3, 0.4) is 0 Å². The monoisotopic (exact) mass is 359 g/mol. The maximum Gasteiger partial charge on any atom is 0.214 e. The van der Waals surface area contributed by atoms with E-state index in [0.717, 1.165) is 48.2 Å². The van der Waals surface area contributed by atoms with Crippen molar-refractivity contribution in [1.82, 2.24) is 24.1 Å². The van der Waals surface area contributed by atoms with Crippen molar-refractivity contribution in [3.8, 4) is 0 Å². The molecule has 0 amide bonds. The summed E-state index contributed by atoms with van der Waals surface area (Å²) in [4.78, 5) is 12.0. The molecule has 7 nitrogen and oxygen atoms in total. The van der Waals surface area contributed by atoms with Gasteiger partial charge < -0.3 is 4.98 Å². The van der Waals surface area contributed by atoms with E-state index in [1.54, 1.807) is 6.20 Å². The van der Waals surface area contributed by atoms with E-state index in [1.165, 1.54) is 0 Å². The van der Waals surface area contributed by atoms with Gasteiger partial charge in [0, 0.05) is 30.0 Å².